The first-order chi connectivity index (χ1) is 15.1. The maximum Gasteiger partial charge on any atom is 0.230 e. The number of benzene rings is 2. The normalized spacial score (nSPS) is 14.0. The molecule has 0 fully saturated rings. The number of nitrogens with zero attached hydrogens (tertiary/aromatic N) is 3. The molecule has 8 heteroatoms. The number of nitrogens with two attached hydrogens (primary N) is 1. The van der Waals surface area contributed by atoms with Crippen LogP contribution in [0.4, 0.5) is 0 Å². The van der Waals surface area contributed by atoms with Gasteiger partial charge in [-0.05, 0) is 61.4 Å². The molecule has 4 rings (SSSR count). The average molecular weight is 438 g/mol. The second-order valence-corrected chi connectivity index (χ2v) is 8.63. The Morgan fingerprint density at radius 3 is 2.77 bits per heavy atom. The SMILES string of the molecule is COc1ccccc1-c1nnc(SCC(=O)N[C@@H](C)c2ccc3c(c2)CCCC3)n1N. The minimum absolute atomic E-state index is 0.0554. The fourth-order valence-electron chi connectivity index (χ4n) is 3.91. The third-order valence-corrected chi connectivity index (χ3v) is 6.54. The van der Waals surface area contributed by atoms with Crippen LogP contribution in [0.2, 0.25) is 0 Å². The number of carbonyl (C=O) groups excluding carboxylic acids is 1. The molecule has 7 nitrogen and oxygen atoms in total. The van der Waals surface area contributed by atoms with Crippen molar-refractivity contribution in [2.24, 2.45) is 0 Å². The van der Waals surface area contributed by atoms with Gasteiger partial charge in [0.05, 0.1) is 24.5 Å². The molecule has 0 aliphatic heterocycles. The number of rotatable bonds is 7. The van der Waals surface area contributed by atoms with Crippen LogP contribution >= 0.6 is 11.8 Å². The average Bonchev–Trinajstić information content (AvgIpc) is 3.17. The van der Waals surface area contributed by atoms with E-state index in [0.717, 1.165) is 24.0 Å². The maximum atomic E-state index is 12.5. The van der Waals surface area contributed by atoms with Crippen molar-refractivity contribution >= 4 is 17.7 Å². The van der Waals surface area contributed by atoms with Gasteiger partial charge in [0.2, 0.25) is 11.1 Å². The van der Waals surface area contributed by atoms with Gasteiger partial charge in [0.15, 0.2) is 5.82 Å². The quantitative estimate of drug-likeness (QED) is 0.434. The summed E-state index contributed by atoms with van der Waals surface area (Å²) in [5, 5.41) is 11.9. The fraction of sp³-hybridized carbons (Fsp3) is 0.348. The molecule has 162 valence electrons. The number of hydrogen-bond acceptors (Lipinski definition) is 6. The van der Waals surface area contributed by atoms with Crippen LogP contribution in [0.15, 0.2) is 47.6 Å². The highest BCUT2D eigenvalue weighted by molar-refractivity contribution is 7.99. The van der Waals surface area contributed by atoms with E-state index >= 15 is 0 Å². The van der Waals surface area contributed by atoms with E-state index in [1.807, 2.05) is 31.2 Å². The molecule has 3 N–H and O–H groups in total. The second kappa shape index (κ2) is 9.43. The molecule has 0 spiro atoms. The summed E-state index contributed by atoms with van der Waals surface area (Å²) < 4.78 is 6.77. The van der Waals surface area contributed by atoms with Gasteiger partial charge in [-0.1, -0.05) is 42.1 Å². The van der Waals surface area contributed by atoms with Gasteiger partial charge in [-0.3, -0.25) is 4.79 Å². The van der Waals surface area contributed by atoms with Crippen LogP contribution in [-0.4, -0.2) is 33.6 Å². The lowest BCUT2D eigenvalue weighted by Crippen LogP contribution is -2.28. The van der Waals surface area contributed by atoms with E-state index in [0.29, 0.717) is 16.7 Å². The topological polar surface area (TPSA) is 95.1 Å². The number of ether oxygens (including phenoxy) is 1. The Labute approximate surface area is 186 Å². The first kappa shape index (κ1) is 21.2. The summed E-state index contributed by atoms with van der Waals surface area (Å²) in [5.41, 5.74) is 4.74. The number of nitrogens with one attached hydrogen (secondary N) is 1. The summed E-state index contributed by atoms with van der Waals surface area (Å²) in [4.78, 5) is 12.5. The number of nitrogen functional groups attached to an aromatic ring is 1. The predicted octanol–water partition coefficient (Wildman–Crippen LogP) is 3.52. The number of fused-ring (bicyclic) bond motifs is 1. The molecule has 0 unspecified atom stereocenters. The van der Waals surface area contributed by atoms with Crippen molar-refractivity contribution in [2.75, 3.05) is 18.7 Å². The third-order valence-electron chi connectivity index (χ3n) is 5.59. The summed E-state index contributed by atoms with van der Waals surface area (Å²) in [6, 6.07) is 14.0. The van der Waals surface area contributed by atoms with Gasteiger partial charge in [0.1, 0.15) is 5.75 Å². The Morgan fingerprint density at radius 1 is 1.19 bits per heavy atom. The van der Waals surface area contributed by atoms with Crippen molar-refractivity contribution in [3.63, 3.8) is 0 Å². The van der Waals surface area contributed by atoms with Crippen molar-refractivity contribution in [1.29, 1.82) is 0 Å². The van der Waals surface area contributed by atoms with E-state index in [1.54, 1.807) is 7.11 Å². The molecule has 0 saturated heterocycles. The number of para-hydroxylation sites is 1. The van der Waals surface area contributed by atoms with Crippen molar-refractivity contribution in [3.8, 4) is 17.1 Å². The zero-order valence-electron chi connectivity index (χ0n) is 17.8. The standard InChI is InChI=1S/C23H27N5O2S/c1-15(17-12-11-16-7-3-4-8-18(16)13-17)25-21(29)14-31-23-27-26-22(28(23)24)19-9-5-6-10-20(19)30-2/h5-6,9-13,15H,3-4,7-8,14,24H2,1-2H3,(H,25,29)/t15-/m0/s1. The monoisotopic (exact) mass is 437 g/mol. The lowest BCUT2D eigenvalue weighted by atomic mass is 9.89. The van der Waals surface area contributed by atoms with E-state index in [9.17, 15) is 4.79 Å². The summed E-state index contributed by atoms with van der Waals surface area (Å²) >= 11 is 1.26. The number of carbonyl (C=O) groups is 1. The summed E-state index contributed by atoms with van der Waals surface area (Å²) in [6.45, 7) is 2.01. The van der Waals surface area contributed by atoms with Crippen LogP contribution in [0.3, 0.4) is 0 Å². The van der Waals surface area contributed by atoms with Gasteiger partial charge in [-0.15, -0.1) is 10.2 Å². The molecule has 31 heavy (non-hydrogen) atoms. The molecule has 2 aromatic carbocycles. The van der Waals surface area contributed by atoms with Gasteiger partial charge < -0.3 is 15.9 Å². The van der Waals surface area contributed by atoms with Crippen LogP contribution in [0.25, 0.3) is 11.4 Å². The van der Waals surface area contributed by atoms with Crippen LogP contribution in [0.5, 0.6) is 5.75 Å². The molecular formula is C23H27N5O2S. The lowest BCUT2D eigenvalue weighted by molar-refractivity contribution is -0.119. The Kier molecular flexibility index (Phi) is 6.46. The molecule has 0 radical (unpaired) electrons. The first-order valence-corrected chi connectivity index (χ1v) is 11.4. The van der Waals surface area contributed by atoms with E-state index in [1.165, 1.54) is 40.4 Å². The number of hydrogen-bond donors (Lipinski definition) is 2. The summed E-state index contributed by atoms with van der Waals surface area (Å²) in [5.74, 6) is 7.47. The molecule has 3 aromatic rings. The Hall–Kier alpha value is -3.00. The van der Waals surface area contributed by atoms with Gasteiger partial charge in [-0.2, -0.15) is 0 Å². The molecule has 0 bridgehead atoms. The molecule has 1 aromatic heterocycles. The van der Waals surface area contributed by atoms with E-state index in [-0.39, 0.29) is 17.7 Å². The number of aromatic nitrogens is 3. The zero-order valence-corrected chi connectivity index (χ0v) is 18.6. The Bertz CT molecular complexity index is 1080. The molecule has 1 aliphatic rings. The largest absolute Gasteiger partial charge is 0.496 e. The number of amides is 1. The molecule has 1 heterocycles. The van der Waals surface area contributed by atoms with E-state index in [4.69, 9.17) is 10.6 Å². The molecule has 1 atom stereocenters. The molecule has 0 saturated carbocycles. The summed E-state index contributed by atoms with van der Waals surface area (Å²) in [7, 11) is 1.60. The van der Waals surface area contributed by atoms with Crippen molar-refractivity contribution in [1.82, 2.24) is 20.2 Å². The fourth-order valence-corrected chi connectivity index (χ4v) is 4.58. The third kappa shape index (κ3) is 4.69. The van der Waals surface area contributed by atoms with E-state index < -0.39 is 0 Å². The zero-order chi connectivity index (χ0) is 21.8. The number of thioether (sulfide) groups is 1. The van der Waals surface area contributed by atoms with Crippen molar-refractivity contribution in [2.45, 2.75) is 43.8 Å². The van der Waals surface area contributed by atoms with Crippen LogP contribution < -0.4 is 15.9 Å². The highest BCUT2D eigenvalue weighted by atomic mass is 32.2. The van der Waals surface area contributed by atoms with Gasteiger partial charge in [-0.25, -0.2) is 4.68 Å². The smallest absolute Gasteiger partial charge is 0.230 e. The van der Waals surface area contributed by atoms with Crippen LogP contribution in [0, 0.1) is 0 Å². The van der Waals surface area contributed by atoms with Gasteiger partial charge in [0.25, 0.3) is 0 Å². The molecular weight excluding hydrogens is 410 g/mol. The predicted molar refractivity (Wildman–Crippen MR) is 123 cm³/mol. The number of aryl methyl sites for hydroxylation is 2. The second-order valence-electron chi connectivity index (χ2n) is 7.69. The van der Waals surface area contributed by atoms with Crippen LogP contribution in [-0.2, 0) is 17.6 Å². The van der Waals surface area contributed by atoms with Crippen molar-refractivity contribution in [3.05, 3.63) is 59.2 Å². The minimum atomic E-state index is -0.0722. The highest BCUT2D eigenvalue weighted by Crippen LogP contribution is 2.29. The molecule has 1 amide bonds. The van der Waals surface area contributed by atoms with Gasteiger partial charge in [0, 0.05) is 0 Å². The Morgan fingerprint density at radius 2 is 1.97 bits per heavy atom. The van der Waals surface area contributed by atoms with E-state index in [2.05, 4.69) is 33.7 Å². The lowest BCUT2D eigenvalue weighted by Gasteiger charge is -2.20. The number of methoxy groups -OCH3 is 1. The minimum Gasteiger partial charge on any atom is -0.496 e. The van der Waals surface area contributed by atoms with Gasteiger partial charge >= 0.3 is 0 Å². The molecule has 1 aliphatic carbocycles. The van der Waals surface area contributed by atoms with Crippen LogP contribution in [0.1, 0.15) is 42.5 Å². The summed E-state index contributed by atoms with van der Waals surface area (Å²) in [6.07, 6.45) is 4.79. The maximum absolute atomic E-state index is 12.5. The first-order valence-electron chi connectivity index (χ1n) is 10.4. The highest BCUT2D eigenvalue weighted by Gasteiger charge is 2.18. The van der Waals surface area contributed by atoms with Crippen molar-refractivity contribution < 1.29 is 9.53 Å². The Balaban J connectivity index is 1.37.